The molecule has 6 heteroatoms. The standard InChI is InChI=1S/C16H21N3O2S/c1-10-5-11(2)18-16(14(10)6-17)22-9-15(20)19-7-12(3)21-13(4)8-19/h5,12-13H,7-9H2,1-4H3/t12-,13+. The number of carbonyl (C=O) groups is 1. The second-order valence-corrected chi connectivity index (χ2v) is 6.68. The quantitative estimate of drug-likeness (QED) is 0.800. The van der Waals surface area contributed by atoms with Gasteiger partial charge in [0.05, 0.1) is 23.5 Å². The van der Waals surface area contributed by atoms with Crippen LogP contribution >= 0.6 is 11.8 Å². The summed E-state index contributed by atoms with van der Waals surface area (Å²) in [6.45, 7) is 8.98. The number of pyridine rings is 1. The molecule has 2 heterocycles. The zero-order valence-electron chi connectivity index (χ0n) is 13.4. The summed E-state index contributed by atoms with van der Waals surface area (Å²) in [5.74, 6) is 0.362. The van der Waals surface area contributed by atoms with E-state index >= 15 is 0 Å². The highest BCUT2D eigenvalue weighted by Gasteiger charge is 2.26. The smallest absolute Gasteiger partial charge is 0.233 e. The van der Waals surface area contributed by atoms with Crippen molar-refractivity contribution >= 4 is 17.7 Å². The summed E-state index contributed by atoms with van der Waals surface area (Å²) < 4.78 is 5.64. The van der Waals surface area contributed by atoms with Gasteiger partial charge in [-0.1, -0.05) is 11.8 Å². The highest BCUT2D eigenvalue weighted by molar-refractivity contribution is 8.00. The lowest BCUT2D eigenvalue weighted by Crippen LogP contribution is -2.48. The molecule has 1 fully saturated rings. The number of ether oxygens (including phenoxy) is 1. The van der Waals surface area contributed by atoms with E-state index in [0.29, 0.717) is 29.4 Å². The van der Waals surface area contributed by atoms with E-state index in [1.165, 1.54) is 11.8 Å². The van der Waals surface area contributed by atoms with Gasteiger partial charge in [0.15, 0.2) is 0 Å². The summed E-state index contributed by atoms with van der Waals surface area (Å²) in [6, 6.07) is 4.06. The minimum Gasteiger partial charge on any atom is -0.372 e. The number of aryl methyl sites for hydroxylation is 2. The molecule has 0 N–H and O–H groups in total. The van der Waals surface area contributed by atoms with Crippen LogP contribution < -0.4 is 0 Å². The molecule has 1 aromatic rings. The lowest BCUT2D eigenvalue weighted by molar-refractivity contribution is -0.140. The van der Waals surface area contributed by atoms with Crippen molar-refractivity contribution in [1.29, 1.82) is 5.26 Å². The van der Waals surface area contributed by atoms with Gasteiger partial charge in [0.1, 0.15) is 11.1 Å². The van der Waals surface area contributed by atoms with E-state index in [1.807, 2.05) is 38.7 Å². The normalized spacial score (nSPS) is 21.5. The van der Waals surface area contributed by atoms with Crippen LogP contribution in [0.2, 0.25) is 0 Å². The molecule has 2 atom stereocenters. The topological polar surface area (TPSA) is 66.2 Å². The Balaban J connectivity index is 2.04. The summed E-state index contributed by atoms with van der Waals surface area (Å²) >= 11 is 1.34. The number of carbonyl (C=O) groups excluding carboxylic acids is 1. The van der Waals surface area contributed by atoms with E-state index in [2.05, 4.69) is 11.1 Å². The molecule has 5 nitrogen and oxygen atoms in total. The number of hydrogen-bond acceptors (Lipinski definition) is 5. The van der Waals surface area contributed by atoms with E-state index in [0.717, 1.165) is 11.3 Å². The van der Waals surface area contributed by atoms with E-state index in [9.17, 15) is 10.1 Å². The second kappa shape index (κ2) is 7.12. The van der Waals surface area contributed by atoms with Gasteiger partial charge in [-0.25, -0.2) is 4.98 Å². The highest BCUT2D eigenvalue weighted by atomic mass is 32.2. The van der Waals surface area contributed by atoms with Gasteiger partial charge in [-0.2, -0.15) is 5.26 Å². The van der Waals surface area contributed by atoms with Crippen molar-refractivity contribution < 1.29 is 9.53 Å². The van der Waals surface area contributed by atoms with E-state index in [-0.39, 0.29) is 18.1 Å². The average molecular weight is 319 g/mol. The minimum atomic E-state index is 0.0618. The van der Waals surface area contributed by atoms with Crippen LogP contribution in [0.15, 0.2) is 11.1 Å². The Kier molecular flexibility index (Phi) is 5.43. The van der Waals surface area contributed by atoms with Gasteiger partial charge in [0.25, 0.3) is 0 Å². The number of amides is 1. The largest absolute Gasteiger partial charge is 0.372 e. The molecule has 0 aliphatic carbocycles. The van der Waals surface area contributed by atoms with Crippen LogP contribution in [0.5, 0.6) is 0 Å². The van der Waals surface area contributed by atoms with Crippen molar-refractivity contribution in [2.75, 3.05) is 18.8 Å². The highest BCUT2D eigenvalue weighted by Crippen LogP contribution is 2.24. The van der Waals surface area contributed by atoms with Crippen LogP contribution in [-0.2, 0) is 9.53 Å². The molecule has 1 saturated heterocycles. The number of rotatable bonds is 3. The van der Waals surface area contributed by atoms with Gasteiger partial charge in [-0.05, 0) is 39.3 Å². The van der Waals surface area contributed by atoms with Crippen LogP contribution in [-0.4, -0.2) is 46.8 Å². The monoisotopic (exact) mass is 319 g/mol. The van der Waals surface area contributed by atoms with Gasteiger partial charge in [-0.15, -0.1) is 0 Å². The van der Waals surface area contributed by atoms with Gasteiger partial charge in [-0.3, -0.25) is 4.79 Å². The number of nitriles is 1. The summed E-state index contributed by atoms with van der Waals surface area (Å²) in [5, 5.41) is 9.90. The molecule has 22 heavy (non-hydrogen) atoms. The van der Waals surface area contributed by atoms with Crippen LogP contribution in [0.1, 0.15) is 30.7 Å². The zero-order chi connectivity index (χ0) is 16.3. The lowest BCUT2D eigenvalue weighted by atomic mass is 10.1. The molecule has 2 rings (SSSR count). The van der Waals surface area contributed by atoms with Gasteiger partial charge in [0, 0.05) is 18.8 Å². The van der Waals surface area contributed by atoms with Crippen LogP contribution in [0.3, 0.4) is 0 Å². The molecule has 0 unspecified atom stereocenters. The number of morpholine rings is 1. The lowest BCUT2D eigenvalue weighted by Gasteiger charge is -2.35. The predicted molar refractivity (Wildman–Crippen MR) is 85.7 cm³/mol. The molecule has 118 valence electrons. The zero-order valence-corrected chi connectivity index (χ0v) is 14.2. The number of thioether (sulfide) groups is 1. The van der Waals surface area contributed by atoms with Crippen LogP contribution in [0.25, 0.3) is 0 Å². The maximum atomic E-state index is 12.4. The molecule has 0 saturated carbocycles. The Labute approximate surface area is 135 Å². The Hall–Kier alpha value is -1.58. The molecular formula is C16H21N3O2S. The molecule has 0 bridgehead atoms. The van der Waals surface area contributed by atoms with Crippen molar-refractivity contribution in [2.45, 2.75) is 44.9 Å². The molecule has 0 spiro atoms. The fourth-order valence-electron chi connectivity index (χ4n) is 2.65. The molecule has 0 aromatic carbocycles. The summed E-state index contributed by atoms with van der Waals surface area (Å²) in [7, 11) is 0. The van der Waals surface area contributed by atoms with E-state index in [4.69, 9.17) is 4.74 Å². The maximum absolute atomic E-state index is 12.4. The van der Waals surface area contributed by atoms with Crippen molar-refractivity contribution in [1.82, 2.24) is 9.88 Å². The molecule has 1 amide bonds. The Bertz CT molecular complexity index is 602. The first kappa shape index (κ1) is 16.8. The van der Waals surface area contributed by atoms with Gasteiger partial charge in [0.2, 0.25) is 5.91 Å². The van der Waals surface area contributed by atoms with E-state index in [1.54, 1.807) is 0 Å². The molecule has 0 radical (unpaired) electrons. The first-order valence-corrected chi connectivity index (χ1v) is 8.33. The molecule has 1 aliphatic rings. The number of hydrogen-bond donors (Lipinski definition) is 0. The van der Waals surface area contributed by atoms with Gasteiger partial charge >= 0.3 is 0 Å². The predicted octanol–water partition coefficient (Wildman–Crippen LogP) is 2.30. The fourth-order valence-corrected chi connectivity index (χ4v) is 3.65. The second-order valence-electron chi connectivity index (χ2n) is 5.72. The third-order valence-corrected chi connectivity index (χ3v) is 4.49. The van der Waals surface area contributed by atoms with Crippen LogP contribution in [0.4, 0.5) is 0 Å². The van der Waals surface area contributed by atoms with Crippen molar-refractivity contribution in [3.63, 3.8) is 0 Å². The Morgan fingerprint density at radius 2 is 2.09 bits per heavy atom. The summed E-state index contributed by atoms with van der Waals surface area (Å²) in [6.07, 6.45) is 0.124. The third kappa shape index (κ3) is 3.99. The fraction of sp³-hybridized carbons (Fsp3) is 0.562. The Morgan fingerprint density at radius 3 is 2.68 bits per heavy atom. The number of aromatic nitrogens is 1. The first-order valence-electron chi connectivity index (χ1n) is 7.35. The van der Waals surface area contributed by atoms with E-state index < -0.39 is 0 Å². The summed E-state index contributed by atoms with van der Waals surface area (Å²) in [4.78, 5) is 18.6. The maximum Gasteiger partial charge on any atom is 0.233 e. The number of nitrogens with zero attached hydrogens (tertiary/aromatic N) is 3. The first-order chi connectivity index (χ1) is 10.4. The van der Waals surface area contributed by atoms with Gasteiger partial charge < -0.3 is 9.64 Å². The van der Waals surface area contributed by atoms with Crippen molar-refractivity contribution in [2.24, 2.45) is 0 Å². The minimum absolute atomic E-state index is 0.0618. The van der Waals surface area contributed by atoms with Crippen LogP contribution in [0, 0.1) is 25.2 Å². The van der Waals surface area contributed by atoms with Crippen molar-refractivity contribution in [3.05, 3.63) is 22.9 Å². The third-order valence-electron chi connectivity index (χ3n) is 3.53. The van der Waals surface area contributed by atoms with Crippen molar-refractivity contribution in [3.8, 4) is 6.07 Å². The average Bonchev–Trinajstić information content (AvgIpc) is 2.43. The molecule has 1 aliphatic heterocycles. The SMILES string of the molecule is Cc1cc(C)c(C#N)c(SCC(=O)N2C[C@@H](C)O[C@@H](C)C2)n1. The molecule has 1 aromatic heterocycles. The Morgan fingerprint density at radius 1 is 1.45 bits per heavy atom. The molecular weight excluding hydrogens is 298 g/mol. The summed E-state index contributed by atoms with van der Waals surface area (Å²) in [5.41, 5.74) is 2.32.